The van der Waals surface area contributed by atoms with Crippen molar-refractivity contribution in [3.05, 3.63) is 24.0 Å². The molecule has 1 aromatic heterocycles. The van der Waals surface area contributed by atoms with Gasteiger partial charge in [-0.1, -0.05) is 0 Å². The van der Waals surface area contributed by atoms with E-state index in [0.717, 1.165) is 48.8 Å². The smallest absolute Gasteiger partial charge is 0.127 e. The minimum absolute atomic E-state index is 0.115. The predicted octanol–water partition coefficient (Wildman–Crippen LogP) is 3.38. The van der Waals surface area contributed by atoms with E-state index in [2.05, 4.69) is 9.55 Å². The maximum atomic E-state index is 6.29. The monoisotopic (exact) mass is 294 g/mol. The summed E-state index contributed by atoms with van der Waals surface area (Å²) < 4.78 is 13.0. The zero-order valence-electron chi connectivity index (χ0n) is 11.8. The number of fused-ring (bicyclic) bond motifs is 1. The number of halogens is 1. The van der Waals surface area contributed by atoms with Crippen LogP contribution in [0.25, 0.3) is 11.0 Å². The molecule has 108 valence electrons. The minimum Gasteiger partial charge on any atom is -0.497 e. The van der Waals surface area contributed by atoms with Crippen LogP contribution in [-0.4, -0.2) is 29.9 Å². The Morgan fingerprint density at radius 2 is 2.40 bits per heavy atom. The molecule has 0 radical (unpaired) electrons. The number of alkyl halides is 1. The van der Waals surface area contributed by atoms with Gasteiger partial charge in [-0.05, 0) is 25.5 Å². The molecule has 0 saturated carbocycles. The Hall–Kier alpha value is -1.26. The van der Waals surface area contributed by atoms with Crippen molar-refractivity contribution in [1.82, 2.24) is 9.55 Å². The number of benzene rings is 1. The summed E-state index contributed by atoms with van der Waals surface area (Å²) in [6.07, 6.45) is 1.10. The Kier molecular flexibility index (Phi) is 3.85. The Labute approximate surface area is 123 Å². The Balaban J connectivity index is 2.06. The molecule has 5 heteroatoms. The molecule has 20 heavy (non-hydrogen) atoms. The maximum absolute atomic E-state index is 6.29. The first-order chi connectivity index (χ1) is 9.69. The lowest BCUT2D eigenvalue weighted by Crippen LogP contribution is -2.13. The normalized spacial score (nSPS) is 20.4. The van der Waals surface area contributed by atoms with Crippen molar-refractivity contribution in [2.24, 2.45) is 5.92 Å². The zero-order chi connectivity index (χ0) is 14.1. The first-order valence-electron chi connectivity index (χ1n) is 6.95. The van der Waals surface area contributed by atoms with Crippen molar-refractivity contribution in [2.75, 3.05) is 20.3 Å². The molecule has 0 aliphatic carbocycles. The van der Waals surface area contributed by atoms with Gasteiger partial charge in [-0.25, -0.2) is 4.98 Å². The summed E-state index contributed by atoms with van der Waals surface area (Å²) in [7, 11) is 1.68. The van der Waals surface area contributed by atoms with E-state index < -0.39 is 0 Å². The SMILES string of the molecule is COc1ccc2nc(C(C)Cl)n(CC3CCOC3)c2c1. The van der Waals surface area contributed by atoms with Gasteiger partial charge in [0.2, 0.25) is 0 Å². The molecule has 1 saturated heterocycles. The molecule has 2 unspecified atom stereocenters. The second-order valence-corrected chi connectivity index (χ2v) is 5.94. The number of methoxy groups -OCH3 is 1. The second-order valence-electron chi connectivity index (χ2n) is 5.28. The summed E-state index contributed by atoms with van der Waals surface area (Å²) in [5.41, 5.74) is 2.05. The highest BCUT2D eigenvalue weighted by atomic mass is 35.5. The molecular formula is C15H19ClN2O2. The molecule has 1 aliphatic rings. The van der Waals surface area contributed by atoms with Crippen molar-refractivity contribution < 1.29 is 9.47 Å². The Bertz CT molecular complexity index is 603. The number of imidazole rings is 1. The number of aromatic nitrogens is 2. The predicted molar refractivity (Wildman–Crippen MR) is 79.5 cm³/mol. The number of nitrogens with zero attached hydrogens (tertiary/aromatic N) is 2. The second kappa shape index (κ2) is 5.62. The van der Waals surface area contributed by atoms with Crippen molar-refractivity contribution in [3.63, 3.8) is 0 Å². The van der Waals surface area contributed by atoms with Crippen LogP contribution in [0.4, 0.5) is 0 Å². The van der Waals surface area contributed by atoms with Crippen LogP contribution in [0.3, 0.4) is 0 Å². The van der Waals surface area contributed by atoms with E-state index in [4.69, 9.17) is 21.1 Å². The van der Waals surface area contributed by atoms with Gasteiger partial charge in [0.25, 0.3) is 0 Å². The molecule has 4 nitrogen and oxygen atoms in total. The van der Waals surface area contributed by atoms with Crippen LogP contribution >= 0.6 is 11.6 Å². The third kappa shape index (κ3) is 2.50. The summed E-state index contributed by atoms with van der Waals surface area (Å²) in [5.74, 6) is 2.30. The molecule has 0 spiro atoms. The van der Waals surface area contributed by atoms with Gasteiger partial charge in [0.15, 0.2) is 0 Å². The highest BCUT2D eigenvalue weighted by molar-refractivity contribution is 6.20. The highest BCUT2D eigenvalue weighted by Gasteiger charge is 2.21. The maximum Gasteiger partial charge on any atom is 0.127 e. The van der Waals surface area contributed by atoms with Gasteiger partial charge >= 0.3 is 0 Å². The van der Waals surface area contributed by atoms with Crippen molar-refractivity contribution in [1.29, 1.82) is 0 Å². The van der Waals surface area contributed by atoms with Crippen LogP contribution in [0.2, 0.25) is 0 Å². The fraction of sp³-hybridized carbons (Fsp3) is 0.533. The minimum atomic E-state index is -0.115. The van der Waals surface area contributed by atoms with E-state index in [0.29, 0.717) is 5.92 Å². The Morgan fingerprint density at radius 1 is 1.55 bits per heavy atom. The Morgan fingerprint density at radius 3 is 3.05 bits per heavy atom. The van der Waals surface area contributed by atoms with Gasteiger partial charge in [-0.15, -0.1) is 11.6 Å². The zero-order valence-corrected chi connectivity index (χ0v) is 12.6. The van der Waals surface area contributed by atoms with E-state index in [1.54, 1.807) is 7.11 Å². The van der Waals surface area contributed by atoms with Crippen molar-refractivity contribution in [3.8, 4) is 5.75 Å². The van der Waals surface area contributed by atoms with E-state index in [1.807, 2.05) is 25.1 Å². The summed E-state index contributed by atoms with van der Waals surface area (Å²) in [6, 6.07) is 5.94. The molecule has 2 aromatic rings. The lowest BCUT2D eigenvalue weighted by molar-refractivity contribution is 0.182. The standard InChI is InChI=1S/C15H19ClN2O2/c1-10(16)15-17-13-4-3-12(19-2)7-14(13)18(15)8-11-5-6-20-9-11/h3-4,7,10-11H,5-6,8-9H2,1-2H3. The van der Waals surface area contributed by atoms with Gasteiger partial charge < -0.3 is 14.0 Å². The average Bonchev–Trinajstić information content (AvgIpc) is 3.07. The summed E-state index contributed by atoms with van der Waals surface area (Å²) in [4.78, 5) is 4.66. The molecule has 2 atom stereocenters. The summed E-state index contributed by atoms with van der Waals surface area (Å²) in [6.45, 7) is 4.53. The van der Waals surface area contributed by atoms with Crippen LogP contribution in [0.1, 0.15) is 24.5 Å². The van der Waals surface area contributed by atoms with E-state index in [-0.39, 0.29) is 5.38 Å². The van der Waals surface area contributed by atoms with Crippen LogP contribution in [-0.2, 0) is 11.3 Å². The quantitative estimate of drug-likeness (QED) is 0.811. The molecule has 0 amide bonds. The molecule has 3 rings (SSSR count). The van der Waals surface area contributed by atoms with Crippen LogP contribution in [0.15, 0.2) is 18.2 Å². The first kappa shape index (κ1) is 13.7. The lowest BCUT2D eigenvalue weighted by atomic mass is 10.1. The molecule has 1 aromatic carbocycles. The van der Waals surface area contributed by atoms with E-state index >= 15 is 0 Å². The number of hydrogen-bond donors (Lipinski definition) is 0. The van der Waals surface area contributed by atoms with Gasteiger partial charge in [0.05, 0.1) is 30.1 Å². The highest BCUT2D eigenvalue weighted by Crippen LogP contribution is 2.29. The van der Waals surface area contributed by atoms with Gasteiger partial charge in [-0.3, -0.25) is 0 Å². The summed E-state index contributed by atoms with van der Waals surface area (Å²) >= 11 is 6.29. The van der Waals surface area contributed by atoms with E-state index in [1.165, 1.54) is 0 Å². The fourth-order valence-corrected chi connectivity index (χ4v) is 2.90. The molecule has 1 fully saturated rings. The first-order valence-corrected chi connectivity index (χ1v) is 7.38. The average molecular weight is 295 g/mol. The largest absolute Gasteiger partial charge is 0.497 e. The van der Waals surface area contributed by atoms with Crippen LogP contribution in [0, 0.1) is 5.92 Å². The van der Waals surface area contributed by atoms with E-state index in [9.17, 15) is 0 Å². The topological polar surface area (TPSA) is 36.3 Å². The summed E-state index contributed by atoms with van der Waals surface area (Å²) in [5, 5.41) is -0.115. The number of rotatable bonds is 4. The molecule has 1 aliphatic heterocycles. The van der Waals surface area contributed by atoms with Gasteiger partial charge in [0.1, 0.15) is 11.6 Å². The fourth-order valence-electron chi connectivity index (χ4n) is 2.73. The number of hydrogen-bond acceptors (Lipinski definition) is 3. The molecule has 0 N–H and O–H groups in total. The third-order valence-electron chi connectivity index (χ3n) is 3.81. The third-order valence-corrected chi connectivity index (χ3v) is 4.00. The van der Waals surface area contributed by atoms with Crippen molar-refractivity contribution >= 4 is 22.6 Å². The van der Waals surface area contributed by atoms with Crippen molar-refractivity contribution in [2.45, 2.75) is 25.3 Å². The molecular weight excluding hydrogens is 276 g/mol. The van der Waals surface area contributed by atoms with Gasteiger partial charge in [0, 0.05) is 25.1 Å². The van der Waals surface area contributed by atoms with Crippen LogP contribution in [0.5, 0.6) is 5.75 Å². The van der Waals surface area contributed by atoms with Gasteiger partial charge in [-0.2, -0.15) is 0 Å². The molecule has 0 bridgehead atoms. The molecule has 2 heterocycles. The lowest BCUT2D eigenvalue weighted by Gasteiger charge is -2.14. The number of ether oxygens (including phenoxy) is 2. The van der Waals surface area contributed by atoms with Crippen LogP contribution < -0.4 is 4.74 Å².